The van der Waals surface area contributed by atoms with Gasteiger partial charge in [0.25, 0.3) is 11.7 Å². The van der Waals surface area contributed by atoms with Gasteiger partial charge in [0.1, 0.15) is 77.8 Å². The molecule has 1 unspecified atom stereocenters. The van der Waals surface area contributed by atoms with Crippen molar-refractivity contribution in [3.8, 4) is 34.5 Å². The number of aromatic hydroxyl groups is 2. The zero-order chi connectivity index (χ0) is 71.5. The number of carbonyl (C=O) groups is 7. The highest BCUT2D eigenvalue weighted by Gasteiger charge is 2.50. The number of Topliss-reactive ketones (excluding diaryl/α,β-unsaturated/α-hetero) is 1. The Bertz CT molecular complexity index is 3860. The smallest absolute Gasteiger partial charge is 0.312 e. The van der Waals surface area contributed by atoms with Gasteiger partial charge in [-0.05, 0) is 57.7 Å². The summed E-state index contributed by atoms with van der Waals surface area (Å²) in [5.74, 6) is -10.4. The summed E-state index contributed by atoms with van der Waals surface area (Å²) < 4.78 is 42.4. The highest BCUT2D eigenvalue weighted by molar-refractivity contribution is 6.22. The first kappa shape index (κ1) is 75.2. The predicted molar refractivity (Wildman–Crippen MR) is 360 cm³/mol. The molecule has 11 atom stereocenters. The molecule has 27 nitrogen and oxygen atoms in total. The lowest BCUT2D eigenvalue weighted by molar-refractivity contribution is -0.903. The number of hydrogen-bond donors (Lipinski definition) is 10. The molecule has 5 aliphatic rings. The minimum absolute atomic E-state index is 0.0310. The van der Waals surface area contributed by atoms with Gasteiger partial charge in [-0.3, -0.25) is 33.6 Å². The first-order valence-corrected chi connectivity index (χ1v) is 32.4. The van der Waals surface area contributed by atoms with Crippen molar-refractivity contribution in [2.75, 3.05) is 64.7 Å². The van der Waals surface area contributed by atoms with E-state index >= 15 is 9.59 Å². The van der Waals surface area contributed by atoms with Gasteiger partial charge < -0.3 is 90.1 Å². The summed E-state index contributed by atoms with van der Waals surface area (Å²) in [5.41, 5.74) is 4.44. The SMILES string of the molecule is CCOCCC(=O)NC(C(=O)N[C@@H](CCCNC(N)=O)C(=O)Nc1ccc(C[N+](C)(C)CCOc2cc(O)c3nc4c5c6c7c(C)c(O)c5c(=O)c(c-4oc3c2)NC(=O)/C(C)=C\C=C\[C@H](C)[C@H](O)[C@@H](C)[C@@H](O)[C@@H](C)[C@H](OC(C)=O)[C@H](C)[C@@H](OC)/C=C/O[C@@](C)(O7)C6=O)cc1)C(C)C. The molecule has 1 aliphatic carbocycles. The fourth-order valence-electron chi connectivity index (χ4n) is 12.0. The minimum atomic E-state index is -2.16. The first-order valence-electron chi connectivity index (χ1n) is 32.4. The number of benzene rings is 4. The van der Waals surface area contributed by atoms with E-state index < -0.39 is 129 Å². The van der Waals surface area contributed by atoms with Crippen molar-refractivity contribution < 1.29 is 91.3 Å². The number of nitrogens with two attached hydrogens (primary N) is 1. The lowest BCUT2D eigenvalue weighted by Gasteiger charge is -2.38. The van der Waals surface area contributed by atoms with Crippen LogP contribution in [-0.4, -0.2) is 168 Å². The average molecular weight is 1350 g/mol. The number of phenols is 2. The highest BCUT2D eigenvalue weighted by atomic mass is 16.7. The molecule has 3 aromatic rings. The largest absolute Gasteiger partial charge is 0.507 e. The molecule has 6 amide bonds. The molecule has 4 aliphatic heterocycles. The number of hydrogen-bond acceptors (Lipinski definition) is 20. The Labute approximate surface area is 563 Å². The minimum Gasteiger partial charge on any atom is -0.507 e. The number of anilines is 2. The van der Waals surface area contributed by atoms with E-state index in [0.717, 1.165) is 5.56 Å². The van der Waals surface area contributed by atoms with Crippen molar-refractivity contribution >= 4 is 74.7 Å². The average Bonchev–Trinajstić information content (AvgIpc) is 1.66. The van der Waals surface area contributed by atoms with Crippen LogP contribution in [0.15, 0.2) is 81.7 Å². The van der Waals surface area contributed by atoms with Crippen LogP contribution in [0.2, 0.25) is 0 Å². The Balaban J connectivity index is 1.17. The number of aliphatic hydroxyl groups excluding tert-OH is 2. The predicted octanol–water partition coefficient (Wildman–Crippen LogP) is 6.75. The standard InChI is InChI=1S/C70H92N8O19/c1-15-92-29-26-50(81)75-54(35(2)3)68(89)74-46(20-17-27-72-69(71)90)67(88)73-44-23-21-43(22-24-44)34-78(12,13)28-31-93-45-32-47(80)55-49(33-45)96-64-56(76-55)51-52-60(84)41(9)63-53(51)65(86)70(11,97-63)94-30-25-48(91-14)38(6)62(95-42(10)79)40(8)59(83)39(7)58(82)36(4)18-16-19-37(5)66(87)77-57(64)61(52)85/h16,18-19,21-25,30,32-33,35-36,38-40,46,48,54,58-59,62,82-83H,15,17,20,26-29,31,34H2,1-14H3,(H8-,71,72,73,74,75,76,77,80,81,84,85,86,87,88,89,90)/p+1/b18-16+,30-25+,37-19-/t36-,38+,39+,40+,46-,48-,54?,58-,59+,62+,70-/m0/s1. The zero-order valence-corrected chi connectivity index (χ0v) is 57.5. The lowest BCUT2D eigenvalue weighted by Crippen LogP contribution is -2.54. The van der Waals surface area contributed by atoms with Gasteiger partial charge in [-0.2, -0.15) is 0 Å². The molecule has 526 valence electrons. The third kappa shape index (κ3) is 17.9. The molecule has 97 heavy (non-hydrogen) atoms. The van der Waals surface area contributed by atoms with Crippen LogP contribution in [0.1, 0.15) is 110 Å². The number of allylic oxidation sites excluding steroid dienone is 2. The van der Waals surface area contributed by atoms with Gasteiger partial charge in [0.2, 0.25) is 23.2 Å². The Hall–Kier alpha value is -9.15. The number of nitrogens with zero attached hydrogens (tertiary/aromatic N) is 2. The molecular weight excluding hydrogens is 1260 g/mol. The van der Waals surface area contributed by atoms with Gasteiger partial charge in [-0.15, -0.1) is 0 Å². The van der Waals surface area contributed by atoms with Gasteiger partial charge in [-0.1, -0.05) is 71.9 Å². The van der Waals surface area contributed by atoms with Crippen LogP contribution in [0.5, 0.6) is 23.0 Å². The van der Waals surface area contributed by atoms with E-state index in [1.807, 2.05) is 33.2 Å². The second-order valence-electron chi connectivity index (χ2n) is 26.1. The number of methoxy groups -OCH3 is 1. The van der Waals surface area contributed by atoms with E-state index in [0.29, 0.717) is 36.3 Å². The van der Waals surface area contributed by atoms with Gasteiger partial charge >= 0.3 is 17.8 Å². The molecule has 5 bridgehead atoms. The third-order valence-electron chi connectivity index (χ3n) is 17.7. The second kappa shape index (κ2) is 32.3. The molecule has 0 radical (unpaired) electrons. The van der Waals surface area contributed by atoms with Crippen LogP contribution >= 0.6 is 0 Å². The molecule has 0 fully saturated rings. The van der Waals surface area contributed by atoms with Gasteiger partial charge in [0.05, 0.1) is 56.2 Å². The maximum atomic E-state index is 15.1. The van der Waals surface area contributed by atoms with Crippen molar-refractivity contribution in [3.05, 3.63) is 99.5 Å². The summed E-state index contributed by atoms with van der Waals surface area (Å²) in [6, 6.07) is 7.15. The van der Waals surface area contributed by atoms with Crippen LogP contribution < -0.4 is 47.2 Å². The normalized spacial score (nSPS) is 23.5. The number of ketones is 1. The van der Waals surface area contributed by atoms with E-state index in [4.69, 9.17) is 43.6 Å². The fraction of sp³-hybridized carbons (Fsp3) is 0.500. The lowest BCUT2D eigenvalue weighted by atomic mass is 9.78. The number of esters is 1. The molecule has 3 aromatic carbocycles. The number of nitrogens with one attached hydrogen (secondary N) is 5. The first-order chi connectivity index (χ1) is 45.7. The second-order valence-corrected chi connectivity index (χ2v) is 26.1. The molecule has 0 spiro atoms. The maximum Gasteiger partial charge on any atom is 0.312 e. The number of quaternary nitrogens is 1. The van der Waals surface area contributed by atoms with Crippen LogP contribution in [-0.2, 0) is 49.5 Å². The molecular formula is C70H93N8O19+. The summed E-state index contributed by atoms with van der Waals surface area (Å²) in [4.78, 5) is 113. The molecule has 0 saturated carbocycles. The topological polar surface area (TPSA) is 385 Å². The van der Waals surface area contributed by atoms with Gasteiger partial charge in [0.15, 0.2) is 11.3 Å². The quantitative estimate of drug-likeness (QED) is 0.0113. The van der Waals surface area contributed by atoms with E-state index in [1.54, 1.807) is 59.8 Å². The Morgan fingerprint density at radius 1 is 0.907 bits per heavy atom. The van der Waals surface area contributed by atoms with Crippen LogP contribution in [0.3, 0.4) is 0 Å². The number of phenolic OH excluding ortho intramolecular Hbond substituents is 2. The number of likely N-dealkylation sites (N-methyl/N-ethyl adjacent to an activating group) is 1. The monoisotopic (exact) mass is 1350 g/mol. The number of amides is 6. The summed E-state index contributed by atoms with van der Waals surface area (Å²) in [6.45, 7) is 19.4. The van der Waals surface area contributed by atoms with Crippen molar-refractivity contribution in [1.29, 1.82) is 0 Å². The third-order valence-corrected chi connectivity index (χ3v) is 17.7. The molecule has 0 aromatic heterocycles. The van der Waals surface area contributed by atoms with E-state index in [-0.39, 0.29) is 101 Å². The van der Waals surface area contributed by atoms with Crippen LogP contribution in [0.25, 0.3) is 33.3 Å². The molecule has 27 heteroatoms. The Morgan fingerprint density at radius 3 is 2.26 bits per heavy atom. The Kier molecular flexibility index (Phi) is 25.0. The van der Waals surface area contributed by atoms with Crippen LogP contribution in [0.4, 0.5) is 16.2 Å². The molecule has 11 N–H and O–H groups in total. The van der Waals surface area contributed by atoms with Crippen molar-refractivity contribution in [2.24, 2.45) is 35.3 Å². The number of rotatable bonds is 22. The summed E-state index contributed by atoms with van der Waals surface area (Å²) in [6.07, 6.45) is 3.58. The summed E-state index contributed by atoms with van der Waals surface area (Å²) in [5, 5.41) is 59.9. The maximum absolute atomic E-state index is 15.1. The number of aliphatic hydroxyl groups is 2. The van der Waals surface area contributed by atoms with Crippen molar-refractivity contribution in [1.82, 2.24) is 20.9 Å². The van der Waals surface area contributed by atoms with E-state index in [9.17, 15) is 49.2 Å². The number of carbonyl (C=O) groups excluding carboxylic acids is 7. The van der Waals surface area contributed by atoms with Crippen LogP contribution in [0, 0.1) is 36.5 Å². The number of fused-ring (bicyclic) bond motifs is 14. The number of aromatic nitrogens is 1. The Morgan fingerprint density at radius 2 is 1.61 bits per heavy atom. The summed E-state index contributed by atoms with van der Waals surface area (Å²) in [7, 11) is 5.36. The highest BCUT2D eigenvalue weighted by Crippen LogP contribution is 2.51. The molecule has 0 saturated heterocycles. The number of primary amides is 1. The van der Waals surface area contributed by atoms with Gasteiger partial charge in [-0.25, -0.2) is 9.78 Å². The van der Waals surface area contributed by atoms with E-state index in [2.05, 4.69) is 26.6 Å². The van der Waals surface area contributed by atoms with Gasteiger partial charge in [0, 0.05) is 104 Å². The van der Waals surface area contributed by atoms with E-state index in [1.165, 1.54) is 71.4 Å². The van der Waals surface area contributed by atoms with Crippen molar-refractivity contribution in [3.63, 3.8) is 0 Å². The molecule has 8 rings (SSSR count). The number of ether oxygens (including phenoxy) is 6. The number of urea groups is 1. The molecule has 4 heterocycles. The summed E-state index contributed by atoms with van der Waals surface area (Å²) >= 11 is 0. The van der Waals surface area contributed by atoms with Crippen molar-refractivity contribution in [2.45, 2.75) is 144 Å². The zero-order valence-electron chi connectivity index (χ0n) is 57.5. The fourth-order valence-corrected chi connectivity index (χ4v) is 12.0.